The van der Waals surface area contributed by atoms with E-state index >= 15 is 0 Å². The zero-order valence-electron chi connectivity index (χ0n) is 5.12. The lowest BCUT2D eigenvalue weighted by Gasteiger charge is -2.11. The molecule has 0 aromatic rings. The Hall–Kier alpha value is 0.910. The van der Waals surface area contributed by atoms with Gasteiger partial charge in [-0.3, -0.25) is 0 Å². The maximum atomic E-state index is 3.56. The van der Waals surface area contributed by atoms with Crippen molar-refractivity contribution in [3.05, 3.63) is 0 Å². The van der Waals surface area contributed by atoms with E-state index in [0.717, 1.165) is 0 Å². The first-order chi connectivity index (χ1) is 3.93. The molecule has 2 heteroatoms. The van der Waals surface area contributed by atoms with Crippen LogP contribution < -0.4 is 0 Å². The highest BCUT2D eigenvalue weighted by molar-refractivity contribution is 9.10. The van der Waals surface area contributed by atoms with Crippen LogP contribution in [0.5, 0.6) is 0 Å². The van der Waals surface area contributed by atoms with Crippen LogP contribution in [0.25, 0.3) is 0 Å². The minimum atomic E-state index is 0.129. The first-order valence-corrected chi connectivity index (χ1v) is 6.57. The summed E-state index contributed by atoms with van der Waals surface area (Å²) >= 11 is 3.56. The third kappa shape index (κ3) is 2.03. The molecule has 0 aliphatic carbocycles. The standard InChI is InChI=1S/C6H12BrP/c7-6-8-4-2-1-3-5-8/h1-6H2/p+1. The van der Waals surface area contributed by atoms with E-state index in [4.69, 9.17) is 0 Å². The molecule has 0 saturated carbocycles. The molecule has 0 bridgehead atoms. The Kier molecular flexibility index (Phi) is 3.38. The van der Waals surface area contributed by atoms with Crippen molar-refractivity contribution < 1.29 is 0 Å². The molecule has 1 heterocycles. The highest BCUT2D eigenvalue weighted by atomic mass is 79.9. The van der Waals surface area contributed by atoms with Crippen molar-refractivity contribution in [2.24, 2.45) is 0 Å². The van der Waals surface area contributed by atoms with Gasteiger partial charge in [0, 0.05) is 7.92 Å². The lowest BCUT2D eigenvalue weighted by molar-refractivity contribution is 0.753. The summed E-state index contributed by atoms with van der Waals surface area (Å²) < 4.78 is 0. The van der Waals surface area contributed by atoms with Gasteiger partial charge in [0.1, 0.15) is 5.07 Å². The highest BCUT2D eigenvalue weighted by Gasteiger charge is 2.16. The van der Waals surface area contributed by atoms with E-state index in [1.54, 1.807) is 12.3 Å². The molecule has 0 atom stereocenters. The smallest absolute Gasteiger partial charge is 0.0475 e. The average Bonchev–Trinajstić information content (AvgIpc) is 1.90. The summed E-state index contributed by atoms with van der Waals surface area (Å²) in [6, 6.07) is 0. The van der Waals surface area contributed by atoms with Crippen LogP contribution in [0, 0.1) is 0 Å². The van der Waals surface area contributed by atoms with Crippen molar-refractivity contribution >= 4 is 23.9 Å². The summed E-state index contributed by atoms with van der Waals surface area (Å²) in [5.74, 6) is 0. The first-order valence-electron chi connectivity index (χ1n) is 3.33. The Morgan fingerprint density at radius 2 is 1.75 bits per heavy atom. The molecule has 0 amide bonds. The molecule has 1 aliphatic heterocycles. The zero-order chi connectivity index (χ0) is 5.82. The Bertz CT molecular complexity index is 59.5. The van der Waals surface area contributed by atoms with Crippen LogP contribution in [0.15, 0.2) is 0 Å². The number of hydrogen-bond acceptors (Lipinski definition) is 0. The topological polar surface area (TPSA) is 0 Å². The SMILES string of the molecule is BrC[PH+]1CCCCC1. The van der Waals surface area contributed by atoms with Crippen LogP contribution in [-0.2, 0) is 0 Å². The van der Waals surface area contributed by atoms with Gasteiger partial charge >= 0.3 is 0 Å². The largest absolute Gasteiger partial charge is 0.111 e. The van der Waals surface area contributed by atoms with Gasteiger partial charge in [0.25, 0.3) is 0 Å². The van der Waals surface area contributed by atoms with Crippen LogP contribution in [0.4, 0.5) is 0 Å². The minimum absolute atomic E-state index is 0.129. The van der Waals surface area contributed by atoms with Crippen molar-refractivity contribution in [1.82, 2.24) is 0 Å². The molecule has 1 rings (SSSR count). The molecular formula is C6H13BrP+. The molecule has 0 N–H and O–H groups in total. The van der Waals surface area contributed by atoms with E-state index in [9.17, 15) is 0 Å². The molecule has 8 heavy (non-hydrogen) atoms. The van der Waals surface area contributed by atoms with E-state index in [1.165, 1.54) is 24.3 Å². The Labute approximate surface area is 60.9 Å². The number of rotatable bonds is 1. The lowest BCUT2D eigenvalue weighted by atomic mass is 10.3. The van der Waals surface area contributed by atoms with Gasteiger partial charge in [-0.1, -0.05) is 0 Å². The zero-order valence-corrected chi connectivity index (χ0v) is 7.71. The van der Waals surface area contributed by atoms with Crippen LogP contribution in [0.3, 0.4) is 0 Å². The monoisotopic (exact) mass is 195 g/mol. The molecule has 0 aromatic carbocycles. The van der Waals surface area contributed by atoms with Crippen molar-refractivity contribution in [2.45, 2.75) is 19.3 Å². The fourth-order valence-corrected chi connectivity index (χ4v) is 4.88. The minimum Gasteiger partial charge on any atom is -0.0475 e. The molecule has 1 fully saturated rings. The van der Waals surface area contributed by atoms with Gasteiger partial charge < -0.3 is 0 Å². The molecule has 1 aliphatic rings. The molecule has 0 aromatic heterocycles. The second-order valence-electron chi connectivity index (χ2n) is 2.44. The summed E-state index contributed by atoms with van der Waals surface area (Å²) in [5.41, 5.74) is 0. The van der Waals surface area contributed by atoms with Crippen LogP contribution in [0.1, 0.15) is 19.3 Å². The molecular weight excluding hydrogens is 183 g/mol. The van der Waals surface area contributed by atoms with Crippen molar-refractivity contribution in [1.29, 1.82) is 0 Å². The highest BCUT2D eigenvalue weighted by Crippen LogP contribution is 2.42. The second kappa shape index (κ2) is 3.85. The third-order valence-corrected chi connectivity index (χ3v) is 6.63. The Balaban J connectivity index is 2.13. The molecule has 1 saturated heterocycles. The Morgan fingerprint density at radius 3 is 2.12 bits per heavy atom. The lowest BCUT2D eigenvalue weighted by Crippen LogP contribution is -1.98. The van der Waals surface area contributed by atoms with Gasteiger partial charge in [-0.2, -0.15) is 0 Å². The third-order valence-electron chi connectivity index (χ3n) is 1.75. The summed E-state index contributed by atoms with van der Waals surface area (Å²) in [6.45, 7) is 0. The van der Waals surface area contributed by atoms with Gasteiger partial charge in [-0.25, -0.2) is 0 Å². The molecule has 0 spiro atoms. The van der Waals surface area contributed by atoms with Crippen molar-refractivity contribution in [2.75, 3.05) is 17.4 Å². The van der Waals surface area contributed by atoms with Crippen LogP contribution >= 0.6 is 23.9 Å². The van der Waals surface area contributed by atoms with Gasteiger partial charge in [-0.05, 0) is 35.2 Å². The number of hydrogen-bond donors (Lipinski definition) is 0. The van der Waals surface area contributed by atoms with Gasteiger partial charge in [0.2, 0.25) is 0 Å². The van der Waals surface area contributed by atoms with Crippen molar-refractivity contribution in [3.8, 4) is 0 Å². The normalized spacial score (nSPS) is 23.6. The van der Waals surface area contributed by atoms with Crippen LogP contribution in [-0.4, -0.2) is 17.4 Å². The van der Waals surface area contributed by atoms with Gasteiger partial charge in [0.05, 0.1) is 12.3 Å². The average molecular weight is 196 g/mol. The molecule has 0 unspecified atom stereocenters. The van der Waals surface area contributed by atoms with E-state index in [2.05, 4.69) is 15.9 Å². The van der Waals surface area contributed by atoms with E-state index < -0.39 is 0 Å². The van der Waals surface area contributed by atoms with Crippen LogP contribution in [0.2, 0.25) is 0 Å². The number of alkyl halides is 1. The summed E-state index contributed by atoms with van der Waals surface area (Å²) in [6.07, 6.45) is 7.66. The predicted octanol–water partition coefficient (Wildman–Crippen LogP) is 2.74. The van der Waals surface area contributed by atoms with E-state index in [0.29, 0.717) is 0 Å². The van der Waals surface area contributed by atoms with Crippen molar-refractivity contribution in [3.63, 3.8) is 0 Å². The summed E-state index contributed by atoms with van der Waals surface area (Å²) in [4.78, 5) is 0. The van der Waals surface area contributed by atoms with Gasteiger partial charge in [0.15, 0.2) is 0 Å². The van der Waals surface area contributed by atoms with Gasteiger partial charge in [-0.15, -0.1) is 0 Å². The fourth-order valence-electron chi connectivity index (χ4n) is 1.19. The number of halogens is 1. The van der Waals surface area contributed by atoms with E-state index in [1.807, 2.05) is 0 Å². The summed E-state index contributed by atoms with van der Waals surface area (Å²) in [5, 5.41) is 1.33. The molecule has 0 nitrogen and oxygen atoms in total. The fraction of sp³-hybridized carbons (Fsp3) is 1.00. The summed E-state index contributed by atoms with van der Waals surface area (Å²) in [7, 11) is 0.129. The van der Waals surface area contributed by atoms with E-state index in [-0.39, 0.29) is 7.92 Å². The quantitative estimate of drug-likeness (QED) is 0.446. The Morgan fingerprint density at radius 1 is 1.12 bits per heavy atom. The first kappa shape index (κ1) is 7.02. The predicted molar refractivity (Wildman–Crippen MR) is 45.7 cm³/mol. The maximum absolute atomic E-state index is 3.56. The molecule has 48 valence electrons. The molecule has 0 radical (unpaired) electrons. The maximum Gasteiger partial charge on any atom is 0.111 e. The second-order valence-corrected chi connectivity index (χ2v) is 6.89.